The molecule has 2 amide bonds. The molecular weight excluding hydrogens is 547 g/mol. The third-order valence-electron chi connectivity index (χ3n) is 6.05. The van der Waals surface area contributed by atoms with Crippen LogP contribution in [-0.4, -0.2) is 31.1 Å². The maximum atomic E-state index is 13.1. The molecule has 0 atom stereocenters. The van der Waals surface area contributed by atoms with Gasteiger partial charge in [0.05, 0.1) is 16.3 Å². The van der Waals surface area contributed by atoms with E-state index in [9.17, 15) is 9.59 Å². The molecule has 0 saturated heterocycles. The Labute approximate surface area is 243 Å². The first kappa shape index (κ1) is 28.7. The van der Waals surface area contributed by atoms with Gasteiger partial charge in [-0.05, 0) is 80.1 Å². The molecule has 1 heterocycles. The largest absolute Gasteiger partial charge is 0.455 e. The Balaban J connectivity index is 1.51. The van der Waals surface area contributed by atoms with Crippen LogP contribution < -0.4 is 15.6 Å². The first-order valence-electron chi connectivity index (χ1n) is 12.7. The number of hydrogen-bond acceptors (Lipinski definition) is 5. The van der Waals surface area contributed by atoms with E-state index in [4.69, 9.17) is 27.6 Å². The minimum Gasteiger partial charge on any atom is -0.455 e. The normalized spacial score (nSPS) is 11.4. The van der Waals surface area contributed by atoms with Crippen LogP contribution in [0.25, 0.3) is 17.4 Å². The number of furan rings is 1. The molecule has 204 valence electrons. The summed E-state index contributed by atoms with van der Waals surface area (Å²) < 4.78 is 5.78. The van der Waals surface area contributed by atoms with Crippen molar-refractivity contribution < 1.29 is 14.0 Å². The van der Waals surface area contributed by atoms with Crippen LogP contribution in [0.4, 0.5) is 5.69 Å². The lowest BCUT2D eigenvalue weighted by molar-refractivity contribution is -0.117. The van der Waals surface area contributed by atoms with Gasteiger partial charge in [0.15, 0.2) is 0 Å². The predicted octanol–water partition coefficient (Wildman–Crippen LogP) is 7.02. The second kappa shape index (κ2) is 13.6. The third kappa shape index (κ3) is 7.40. The van der Waals surface area contributed by atoms with E-state index >= 15 is 0 Å². The van der Waals surface area contributed by atoms with Gasteiger partial charge in [-0.2, -0.15) is 5.10 Å². The van der Waals surface area contributed by atoms with Crippen LogP contribution in [0.2, 0.25) is 10.0 Å². The molecule has 3 aromatic carbocycles. The Morgan fingerprint density at radius 3 is 2.30 bits per heavy atom. The molecule has 9 heteroatoms. The minimum atomic E-state index is -0.593. The average Bonchev–Trinajstić information content (AvgIpc) is 3.45. The van der Waals surface area contributed by atoms with Gasteiger partial charge in [-0.1, -0.05) is 53.5 Å². The second-order valence-corrected chi connectivity index (χ2v) is 9.49. The van der Waals surface area contributed by atoms with Gasteiger partial charge < -0.3 is 14.6 Å². The van der Waals surface area contributed by atoms with E-state index in [1.54, 1.807) is 60.7 Å². The van der Waals surface area contributed by atoms with Gasteiger partial charge in [0.25, 0.3) is 11.8 Å². The van der Waals surface area contributed by atoms with Crippen LogP contribution in [-0.2, 0) is 4.79 Å². The molecular formula is C31H28Cl2N4O3. The van der Waals surface area contributed by atoms with E-state index in [1.807, 2.05) is 30.3 Å². The van der Waals surface area contributed by atoms with Crippen molar-refractivity contribution in [3.8, 4) is 11.3 Å². The zero-order valence-corrected chi connectivity index (χ0v) is 23.5. The summed E-state index contributed by atoms with van der Waals surface area (Å²) in [5, 5.41) is 7.59. The molecule has 0 radical (unpaired) electrons. The van der Waals surface area contributed by atoms with Crippen LogP contribution in [0.3, 0.4) is 0 Å². The highest BCUT2D eigenvalue weighted by atomic mass is 35.5. The zero-order chi connectivity index (χ0) is 28.5. The van der Waals surface area contributed by atoms with E-state index < -0.39 is 11.8 Å². The summed E-state index contributed by atoms with van der Waals surface area (Å²) in [6, 6.07) is 25.1. The van der Waals surface area contributed by atoms with Gasteiger partial charge in [-0.3, -0.25) is 9.59 Å². The first-order chi connectivity index (χ1) is 19.4. The SMILES string of the molecule is CCN(CC)c1ccc(/C=C(/NC(=O)c2ccccc2)C(=O)N/N=C/c2ccc(-c3ccc(Cl)c(Cl)c3)o2)cc1. The smallest absolute Gasteiger partial charge is 0.287 e. The minimum absolute atomic E-state index is 0.0394. The summed E-state index contributed by atoms with van der Waals surface area (Å²) in [6.45, 7) is 5.95. The summed E-state index contributed by atoms with van der Waals surface area (Å²) in [5.41, 5.74) is 5.49. The van der Waals surface area contributed by atoms with Crippen LogP contribution in [0.15, 0.2) is 100 Å². The Morgan fingerprint density at radius 1 is 0.900 bits per heavy atom. The zero-order valence-electron chi connectivity index (χ0n) is 22.0. The molecule has 4 rings (SSSR count). The van der Waals surface area contributed by atoms with Gasteiger partial charge in [0, 0.05) is 29.9 Å². The highest BCUT2D eigenvalue weighted by Gasteiger charge is 2.15. The van der Waals surface area contributed by atoms with Crippen molar-refractivity contribution in [1.82, 2.24) is 10.7 Å². The molecule has 0 aliphatic carbocycles. The first-order valence-corrected chi connectivity index (χ1v) is 13.4. The summed E-state index contributed by atoms with van der Waals surface area (Å²) in [7, 11) is 0. The summed E-state index contributed by atoms with van der Waals surface area (Å²) in [4.78, 5) is 28.2. The van der Waals surface area contributed by atoms with Crippen LogP contribution in [0.1, 0.15) is 35.5 Å². The van der Waals surface area contributed by atoms with Crippen molar-refractivity contribution in [2.24, 2.45) is 5.10 Å². The lowest BCUT2D eigenvalue weighted by atomic mass is 10.1. The Bertz CT molecular complexity index is 1530. The lowest BCUT2D eigenvalue weighted by Crippen LogP contribution is -2.32. The van der Waals surface area contributed by atoms with Crippen molar-refractivity contribution in [3.05, 3.63) is 118 Å². The Morgan fingerprint density at radius 2 is 1.62 bits per heavy atom. The highest BCUT2D eigenvalue weighted by molar-refractivity contribution is 6.42. The van der Waals surface area contributed by atoms with Crippen molar-refractivity contribution in [2.45, 2.75) is 13.8 Å². The van der Waals surface area contributed by atoms with Crippen molar-refractivity contribution in [3.63, 3.8) is 0 Å². The molecule has 7 nitrogen and oxygen atoms in total. The van der Waals surface area contributed by atoms with E-state index in [0.717, 1.165) is 29.9 Å². The standard InChI is InChI=1S/C31H28Cl2N4O3/c1-3-37(4-2)24-13-10-21(11-14-24)18-28(35-30(38)22-8-6-5-7-9-22)31(39)36-34-20-25-15-17-29(40-25)23-12-16-26(32)27(33)19-23/h5-20H,3-4H2,1-2H3,(H,35,38)(H,36,39)/b28-18+,34-20+. The van der Waals surface area contributed by atoms with Gasteiger partial charge in [-0.25, -0.2) is 5.43 Å². The van der Waals surface area contributed by atoms with Gasteiger partial charge in [0.2, 0.25) is 0 Å². The average molecular weight is 575 g/mol. The third-order valence-corrected chi connectivity index (χ3v) is 6.79. The molecule has 0 bridgehead atoms. The number of nitrogens with one attached hydrogen (secondary N) is 2. The van der Waals surface area contributed by atoms with E-state index in [0.29, 0.717) is 27.1 Å². The van der Waals surface area contributed by atoms with Crippen LogP contribution in [0, 0.1) is 0 Å². The van der Waals surface area contributed by atoms with Gasteiger partial charge in [0.1, 0.15) is 17.2 Å². The van der Waals surface area contributed by atoms with Crippen molar-refractivity contribution >= 4 is 53.0 Å². The number of amides is 2. The molecule has 0 fully saturated rings. The molecule has 2 N–H and O–H groups in total. The predicted molar refractivity (Wildman–Crippen MR) is 162 cm³/mol. The molecule has 0 spiro atoms. The Kier molecular flexibility index (Phi) is 9.78. The van der Waals surface area contributed by atoms with Crippen LogP contribution >= 0.6 is 23.2 Å². The van der Waals surface area contributed by atoms with Crippen LogP contribution in [0.5, 0.6) is 0 Å². The fraction of sp³-hybridized carbons (Fsp3) is 0.129. The monoisotopic (exact) mass is 574 g/mol. The summed E-state index contributed by atoms with van der Waals surface area (Å²) >= 11 is 12.1. The maximum Gasteiger partial charge on any atom is 0.287 e. The quantitative estimate of drug-likeness (QED) is 0.121. The van der Waals surface area contributed by atoms with Crippen molar-refractivity contribution in [2.75, 3.05) is 18.0 Å². The van der Waals surface area contributed by atoms with E-state index in [1.165, 1.54) is 6.21 Å². The van der Waals surface area contributed by atoms with Gasteiger partial charge >= 0.3 is 0 Å². The number of nitrogens with zero attached hydrogens (tertiary/aromatic N) is 2. The van der Waals surface area contributed by atoms with E-state index in [-0.39, 0.29) is 5.70 Å². The number of carbonyl (C=O) groups excluding carboxylic acids is 2. The van der Waals surface area contributed by atoms with E-state index in [2.05, 4.69) is 34.6 Å². The fourth-order valence-electron chi connectivity index (χ4n) is 3.92. The number of anilines is 1. The molecule has 4 aromatic rings. The Hall–Kier alpha value is -4.33. The number of hydrogen-bond donors (Lipinski definition) is 2. The van der Waals surface area contributed by atoms with Gasteiger partial charge in [-0.15, -0.1) is 0 Å². The topological polar surface area (TPSA) is 86.9 Å². The highest BCUT2D eigenvalue weighted by Crippen LogP contribution is 2.29. The number of benzene rings is 3. The molecule has 0 saturated carbocycles. The number of carbonyl (C=O) groups is 2. The summed E-state index contributed by atoms with van der Waals surface area (Å²) in [5.74, 6) is -0.0323. The molecule has 0 unspecified atom stereocenters. The second-order valence-electron chi connectivity index (χ2n) is 8.67. The maximum absolute atomic E-state index is 13.1. The number of halogens is 2. The lowest BCUT2D eigenvalue weighted by Gasteiger charge is -2.20. The van der Waals surface area contributed by atoms with Crippen molar-refractivity contribution in [1.29, 1.82) is 0 Å². The molecule has 0 aliphatic heterocycles. The molecule has 40 heavy (non-hydrogen) atoms. The number of hydrazone groups is 1. The molecule has 1 aromatic heterocycles. The summed E-state index contributed by atoms with van der Waals surface area (Å²) in [6.07, 6.45) is 2.97. The molecule has 0 aliphatic rings. The number of rotatable bonds is 10. The fourth-order valence-corrected chi connectivity index (χ4v) is 4.22.